The molecule has 3 aromatic rings. The third kappa shape index (κ3) is 2.07. The van der Waals surface area contributed by atoms with Crippen molar-refractivity contribution in [3.05, 3.63) is 46.5 Å². The predicted octanol–water partition coefficient (Wildman–Crippen LogP) is 1.96. The van der Waals surface area contributed by atoms with Crippen LogP contribution in [0.3, 0.4) is 0 Å². The molecule has 1 aliphatic rings. The average Bonchev–Trinajstić information content (AvgIpc) is 2.91. The summed E-state index contributed by atoms with van der Waals surface area (Å²) >= 11 is 0. The second-order valence-corrected chi connectivity index (χ2v) is 5.42. The molecule has 6 nitrogen and oxygen atoms in total. The molecule has 6 heteroatoms. The summed E-state index contributed by atoms with van der Waals surface area (Å²) in [6, 6.07) is 7.45. The van der Waals surface area contributed by atoms with Crippen LogP contribution in [0.2, 0.25) is 0 Å². The van der Waals surface area contributed by atoms with Gasteiger partial charge in [0.1, 0.15) is 5.82 Å². The molecule has 0 N–H and O–H groups in total. The Morgan fingerprint density at radius 3 is 3.00 bits per heavy atom. The Morgan fingerprint density at radius 1 is 1.14 bits per heavy atom. The number of benzene rings is 1. The van der Waals surface area contributed by atoms with Gasteiger partial charge in [-0.1, -0.05) is 18.6 Å². The van der Waals surface area contributed by atoms with Crippen LogP contribution in [0.5, 0.6) is 0 Å². The molecular weight excluding hydrogens is 268 g/mol. The molecule has 1 aliphatic heterocycles. The molecule has 0 amide bonds. The molecule has 0 radical (unpaired) electrons. The smallest absolute Gasteiger partial charge is 0.408 e. The summed E-state index contributed by atoms with van der Waals surface area (Å²) < 4.78 is 9.04. The minimum Gasteiger partial charge on any atom is -0.408 e. The van der Waals surface area contributed by atoms with Crippen LogP contribution in [-0.2, 0) is 19.5 Å². The molecular formula is C15H16N4O2. The van der Waals surface area contributed by atoms with E-state index in [1.54, 1.807) is 10.6 Å². The zero-order chi connectivity index (χ0) is 14.2. The fourth-order valence-electron chi connectivity index (χ4n) is 2.97. The number of hydrogen-bond acceptors (Lipinski definition) is 4. The number of para-hydroxylation sites is 2. The molecule has 2 aromatic heterocycles. The Bertz CT molecular complexity index is 843. The van der Waals surface area contributed by atoms with E-state index in [0.717, 1.165) is 43.0 Å². The maximum atomic E-state index is 12.0. The lowest BCUT2D eigenvalue weighted by atomic mass is 10.2. The average molecular weight is 284 g/mol. The number of aryl methyl sites for hydroxylation is 1. The number of hydrogen-bond donors (Lipinski definition) is 0. The lowest BCUT2D eigenvalue weighted by molar-refractivity contribution is 0.505. The lowest BCUT2D eigenvalue weighted by Crippen LogP contribution is -2.18. The Balaban J connectivity index is 1.77. The van der Waals surface area contributed by atoms with E-state index in [1.807, 2.05) is 18.2 Å². The van der Waals surface area contributed by atoms with Crippen LogP contribution < -0.4 is 5.76 Å². The molecule has 3 heterocycles. The quantitative estimate of drug-likeness (QED) is 0.721. The van der Waals surface area contributed by atoms with Gasteiger partial charge in [-0.05, 0) is 25.0 Å². The van der Waals surface area contributed by atoms with Crippen LogP contribution in [0.15, 0.2) is 33.5 Å². The van der Waals surface area contributed by atoms with Gasteiger partial charge in [-0.3, -0.25) is 4.57 Å². The zero-order valence-corrected chi connectivity index (χ0v) is 11.7. The topological polar surface area (TPSA) is 65.8 Å². The van der Waals surface area contributed by atoms with Crippen molar-refractivity contribution < 1.29 is 4.42 Å². The van der Waals surface area contributed by atoms with Crippen molar-refractivity contribution >= 4 is 11.1 Å². The molecule has 0 saturated carbocycles. The van der Waals surface area contributed by atoms with Gasteiger partial charge in [-0.25, -0.2) is 4.79 Å². The standard InChI is InChI=1S/C15H16N4O2/c20-15-19(11-6-3-4-7-12(11)21-15)10-14-17-16-13-8-2-1-5-9-18(13)14/h3-4,6-7H,1-2,5,8-10H2. The predicted molar refractivity (Wildman–Crippen MR) is 77.2 cm³/mol. The monoisotopic (exact) mass is 284 g/mol. The van der Waals surface area contributed by atoms with Crippen molar-refractivity contribution in [3.8, 4) is 0 Å². The summed E-state index contributed by atoms with van der Waals surface area (Å²) in [6.07, 6.45) is 4.48. The van der Waals surface area contributed by atoms with Crippen LogP contribution in [0, 0.1) is 0 Å². The second-order valence-electron chi connectivity index (χ2n) is 5.42. The number of fused-ring (bicyclic) bond motifs is 2. The van der Waals surface area contributed by atoms with Gasteiger partial charge in [-0.2, -0.15) is 0 Å². The molecule has 108 valence electrons. The summed E-state index contributed by atoms with van der Waals surface area (Å²) in [6.45, 7) is 1.34. The molecule has 21 heavy (non-hydrogen) atoms. The van der Waals surface area contributed by atoms with Crippen molar-refractivity contribution in [2.24, 2.45) is 0 Å². The minimum absolute atomic E-state index is 0.345. The number of nitrogens with zero attached hydrogens (tertiary/aromatic N) is 4. The van der Waals surface area contributed by atoms with Gasteiger partial charge >= 0.3 is 5.76 Å². The van der Waals surface area contributed by atoms with E-state index in [-0.39, 0.29) is 5.76 Å². The van der Waals surface area contributed by atoms with Crippen LogP contribution >= 0.6 is 0 Å². The first-order chi connectivity index (χ1) is 10.3. The molecule has 0 saturated heterocycles. The third-order valence-corrected chi connectivity index (χ3v) is 4.06. The van der Waals surface area contributed by atoms with Crippen molar-refractivity contribution in [3.63, 3.8) is 0 Å². The van der Waals surface area contributed by atoms with E-state index in [0.29, 0.717) is 12.1 Å². The highest BCUT2D eigenvalue weighted by Gasteiger charge is 2.17. The Kier molecular flexibility index (Phi) is 2.87. The molecule has 0 aliphatic carbocycles. The molecule has 0 fully saturated rings. The highest BCUT2D eigenvalue weighted by atomic mass is 16.4. The van der Waals surface area contributed by atoms with Crippen molar-refractivity contribution in [2.75, 3.05) is 0 Å². The van der Waals surface area contributed by atoms with E-state index < -0.39 is 0 Å². The Labute approximate surface area is 121 Å². The van der Waals surface area contributed by atoms with Gasteiger partial charge in [0.25, 0.3) is 0 Å². The van der Waals surface area contributed by atoms with Crippen molar-refractivity contribution in [1.82, 2.24) is 19.3 Å². The fourth-order valence-corrected chi connectivity index (χ4v) is 2.97. The van der Waals surface area contributed by atoms with Gasteiger partial charge < -0.3 is 8.98 Å². The van der Waals surface area contributed by atoms with Gasteiger partial charge in [0.05, 0.1) is 12.1 Å². The SMILES string of the molecule is O=c1oc2ccccc2n1Cc1nnc2n1CCCCC2. The zero-order valence-electron chi connectivity index (χ0n) is 11.7. The summed E-state index contributed by atoms with van der Waals surface area (Å²) in [5.41, 5.74) is 1.41. The maximum absolute atomic E-state index is 12.0. The van der Waals surface area contributed by atoms with Gasteiger partial charge in [0.2, 0.25) is 0 Å². The molecule has 0 bridgehead atoms. The van der Waals surface area contributed by atoms with E-state index in [1.165, 1.54) is 6.42 Å². The van der Waals surface area contributed by atoms with Crippen molar-refractivity contribution in [1.29, 1.82) is 0 Å². The largest absolute Gasteiger partial charge is 0.420 e. The Morgan fingerprint density at radius 2 is 2.05 bits per heavy atom. The third-order valence-electron chi connectivity index (χ3n) is 4.06. The number of rotatable bonds is 2. The summed E-state index contributed by atoms with van der Waals surface area (Å²) in [5, 5.41) is 8.55. The fraction of sp³-hybridized carbons (Fsp3) is 0.400. The molecule has 1 aromatic carbocycles. The lowest BCUT2D eigenvalue weighted by Gasteiger charge is -2.07. The molecule has 0 atom stereocenters. The van der Waals surface area contributed by atoms with Crippen LogP contribution in [-0.4, -0.2) is 19.3 Å². The number of oxazole rings is 1. The van der Waals surface area contributed by atoms with E-state index in [2.05, 4.69) is 14.8 Å². The normalized spacial score (nSPS) is 15.0. The van der Waals surface area contributed by atoms with Gasteiger partial charge in [0, 0.05) is 13.0 Å². The van der Waals surface area contributed by atoms with E-state index in [4.69, 9.17) is 4.42 Å². The van der Waals surface area contributed by atoms with Crippen molar-refractivity contribution in [2.45, 2.75) is 38.8 Å². The van der Waals surface area contributed by atoms with Crippen LogP contribution in [0.1, 0.15) is 30.9 Å². The first-order valence-electron chi connectivity index (χ1n) is 7.32. The molecule has 0 spiro atoms. The maximum Gasteiger partial charge on any atom is 0.420 e. The number of aromatic nitrogens is 4. The summed E-state index contributed by atoms with van der Waals surface area (Å²) in [7, 11) is 0. The summed E-state index contributed by atoms with van der Waals surface area (Å²) in [5.74, 6) is 1.52. The first kappa shape index (κ1) is 12.4. The van der Waals surface area contributed by atoms with E-state index >= 15 is 0 Å². The Hall–Kier alpha value is -2.37. The minimum atomic E-state index is -0.345. The van der Waals surface area contributed by atoms with Gasteiger partial charge in [0.15, 0.2) is 11.4 Å². The van der Waals surface area contributed by atoms with Gasteiger partial charge in [-0.15, -0.1) is 10.2 Å². The van der Waals surface area contributed by atoms with Crippen LogP contribution in [0.25, 0.3) is 11.1 Å². The molecule has 4 rings (SSSR count). The van der Waals surface area contributed by atoms with Crippen LogP contribution in [0.4, 0.5) is 0 Å². The molecule has 0 unspecified atom stereocenters. The highest BCUT2D eigenvalue weighted by molar-refractivity contribution is 5.72. The summed E-state index contributed by atoms with van der Waals surface area (Å²) in [4.78, 5) is 12.0. The first-order valence-corrected chi connectivity index (χ1v) is 7.32. The van der Waals surface area contributed by atoms with E-state index in [9.17, 15) is 4.79 Å². The second kappa shape index (κ2) is 4.87. The highest BCUT2D eigenvalue weighted by Crippen LogP contribution is 2.17.